The van der Waals surface area contributed by atoms with Crippen molar-refractivity contribution < 1.29 is 14.3 Å². The summed E-state index contributed by atoms with van der Waals surface area (Å²) in [6, 6.07) is 7.49. The molecule has 6 nitrogen and oxygen atoms in total. The Morgan fingerprint density at radius 2 is 2.04 bits per heavy atom. The third-order valence-electron chi connectivity index (χ3n) is 3.91. The third-order valence-corrected chi connectivity index (χ3v) is 4.81. The minimum Gasteiger partial charge on any atom is -0.458 e. The molecule has 0 spiro atoms. The molecule has 0 bridgehead atoms. The molecule has 1 aromatic heterocycles. The minimum atomic E-state index is -0.323. The van der Waals surface area contributed by atoms with Gasteiger partial charge in [-0.15, -0.1) is 10.2 Å². The maximum absolute atomic E-state index is 12.2. The molecule has 0 aliphatic heterocycles. The number of rotatable bonds is 5. The molecule has 0 saturated heterocycles. The van der Waals surface area contributed by atoms with Crippen molar-refractivity contribution in [3.05, 3.63) is 52.0 Å². The zero-order valence-corrected chi connectivity index (χ0v) is 14.7. The average Bonchev–Trinajstić information content (AvgIpc) is 3.11. The number of nitrogens with one attached hydrogen (secondary N) is 1. The van der Waals surface area contributed by atoms with Gasteiger partial charge in [-0.05, 0) is 38.3 Å². The fourth-order valence-electron chi connectivity index (χ4n) is 2.48. The number of esters is 1. The van der Waals surface area contributed by atoms with E-state index >= 15 is 0 Å². The lowest BCUT2D eigenvalue weighted by molar-refractivity contribution is -0.150. The highest BCUT2D eigenvalue weighted by Gasteiger charge is 2.21. The number of hydrogen-bond donors (Lipinski definition) is 1. The Balaban J connectivity index is 1.52. The van der Waals surface area contributed by atoms with Crippen LogP contribution in [0.5, 0.6) is 0 Å². The second kappa shape index (κ2) is 8.02. The largest absolute Gasteiger partial charge is 0.458 e. The number of aryl methyl sites for hydroxylation is 1. The van der Waals surface area contributed by atoms with E-state index in [0.717, 1.165) is 36.2 Å². The van der Waals surface area contributed by atoms with Crippen LogP contribution in [0, 0.1) is 12.8 Å². The van der Waals surface area contributed by atoms with Crippen LogP contribution < -0.4 is 5.32 Å². The highest BCUT2D eigenvalue weighted by molar-refractivity contribution is 7.13. The summed E-state index contributed by atoms with van der Waals surface area (Å²) in [6.45, 7) is 2.03. The first kappa shape index (κ1) is 17.3. The summed E-state index contributed by atoms with van der Waals surface area (Å²) < 4.78 is 5.30. The molecule has 0 fully saturated rings. The molecule has 2 aromatic rings. The number of anilines is 1. The van der Waals surface area contributed by atoms with E-state index in [1.54, 1.807) is 0 Å². The molecular formula is C18H19N3O3S. The van der Waals surface area contributed by atoms with Gasteiger partial charge in [-0.2, -0.15) is 0 Å². The summed E-state index contributed by atoms with van der Waals surface area (Å²) in [5.74, 6) is -0.621. The highest BCUT2D eigenvalue weighted by Crippen LogP contribution is 2.21. The quantitative estimate of drug-likeness (QED) is 0.654. The molecule has 130 valence electrons. The molecule has 1 atom stereocenters. The van der Waals surface area contributed by atoms with Gasteiger partial charge in [-0.3, -0.25) is 9.59 Å². The Hall–Kier alpha value is -2.54. The van der Waals surface area contributed by atoms with Gasteiger partial charge in [0.1, 0.15) is 6.61 Å². The van der Waals surface area contributed by atoms with Crippen LogP contribution in [0.1, 0.15) is 39.6 Å². The third kappa shape index (κ3) is 4.73. The van der Waals surface area contributed by atoms with Crippen molar-refractivity contribution in [1.29, 1.82) is 0 Å². The van der Waals surface area contributed by atoms with E-state index < -0.39 is 0 Å². The minimum absolute atomic E-state index is 0.0501. The van der Waals surface area contributed by atoms with Gasteiger partial charge >= 0.3 is 5.97 Å². The van der Waals surface area contributed by atoms with Gasteiger partial charge in [0.25, 0.3) is 5.91 Å². The molecule has 7 heteroatoms. The SMILES string of the molecule is Cc1ccc(NC(=O)c2nnc(COC(=O)[C@@H]3CC=CCC3)s2)cc1. The van der Waals surface area contributed by atoms with Crippen LogP contribution in [-0.2, 0) is 16.1 Å². The maximum atomic E-state index is 12.2. The van der Waals surface area contributed by atoms with E-state index in [2.05, 4.69) is 21.6 Å². The molecule has 1 aliphatic carbocycles. The van der Waals surface area contributed by atoms with Gasteiger partial charge < -0.3 is 10.1 Å². The summed E-state index contributed by atoms with van der Waals surface area (Å²) in [7, 11) is 0. The van der Waals surface area contributed by atoms with Gasteiger partial charge in [0.05, 0.1) is 5.92 Å². The molecule has 0 saturated carbocycles. The van der Waals surface area contributed by atoms with E-state index in [-0.39, 0.29) is 29.4 Å². The zero-order valence-electron chi connectivity index (χ0n) is 13.9. The standard InChI is InChI=1S/C18H19N3O3S/c1-12-7-9-14(10-8-12)19-16(22)17-21-20-15(25-17)11-24-18(23)13-5-3-2-4-6-13/h2-3,7-10,13H,4-6,11H2,1H3,(H,19,22)/t13-/m1/s1. The molecule has 3 rings (SSSR count). The van der Waals surface area contributed by atoms with Crippen molar-refractivity contribution in [2.45, 2.75) is 32.8 Å². The molecule has 1 aromatic carbocycles. The lowest BCUT2D eigenvalue weighted by Crippen LogP contribution is -2.18. The number of aromatic nitrogens is 2. The lowest BCUT2D eigenvalue weighted by Gasteiger charge is -2.15. The first-order valence-electron chi connectivity index (χ1n) is 8.14. The van der Waals surface area contributed by atoms with E-state index in [9.17, 15) is 9.59 Å². The number of amides is 1. The van der Waals surface area contributed by atoms with Crippen LogP contribution in [-0.4, -0.2) is 22.1 Å². The van der Waals surface area contributed by atoms with Crippen molar-refractivity contribution in [3.8, 4) is 0 Å². The van der Waals surface area contributed by atoms with Crippen LogP contribution in [0.25, 0.3) is 0 Å². The second-order valence-corrected chi connectivity index (χ2v) is 6.97. The van der Waals surface area contributed by atoms with E-state index in [1.165, 1.54) is 0 Å². The topological polar surface area (TPSA) is 81.2 Å². The van der Waals surface area contributed by atoms with Gasteiger partial charge in [0.2, 0.25) is 5.01 Å². The maximum Gasteiger partial charge on any atom is 0.309 e. The summed E-state index contributed by atoms with van der Waals surface area (Å²) in [6.07, 6.45) is 6.53. The van der Waals surface area contributed by atoms with Crippen molar-refractivity contribution in [2.24, 2.45) is 5.92 Å². The number of carbonyl (C=O) groups excluding carboxylic acids is 2. The fourth-order valence-corrected chi connectivity index (χ4v) is 3.13. The Kier molecular flexibility index (Phi) is 5.55. The number of carbonyl (C=O) groups is 2. The average molecular weight is 357 g/mol. The number of hydrogen-bond acceptors (Lipinski definition) is 6. The van der Waals surface area contributed by atoms with Gasteiger partial charge in [0.15, 0.2) is 5.01 Å². The Labute approximate surface area is 149 Å². The molecule has 0 radical (unpaired) electrons. The summed E-state index contributed by atoms with van der Waals surface area (Å²) >= 11 is 1.13. The molecule has 1 amide bonds. The summed E-state index contributed by atoms with van der Waals surface area (Å²) in [5.41, 5.74) is 1.82. The molecular weight excluding hydrogens is 338 g/mol. The fraction of sp³-hybridized carbons (Fsp3) is 0.333. The van der Waals surface area contributed by atoms with Crippen LogP contribution >= 0.6 is 11.3 Å². The van der Waals surface area contributed by atoms with E-state index in [0.29, 0.717) is 10.7 Å². The van der Waals surface area contributed by atoms with Crippen LogP contribution in [0.15, 0.2) is 36.4 Å². The second-order valence-electron chi connectivity index (χ2n) is 5.91. The molecule has 25 heavy (non-hydrogen) atoms. The molecule has 0 unspecified atom stereocenters. The number of nitrogens with zero attached hydrogens (tertiary/aromatic N) is 2. The van der Waals surface area contributed by atoms with Gasteiger partial charge in [0, 0.05) is 5.69 Å². The highest BCUT2D eigenvalue weighted by atomic mass is 32.1. The summed E-state index contributed by atoms with van der Waals surface area (Å²) in [4.78, 5) is 24.2. The number of benzene rings is 1. The Morgan fingerprint density at radius 3 is 2.76 bits per heavy atom. The number of allylic oxidation sites excluding steroid dienone is 2. The van der Waals surface area contributed by atoms with Crippen molar-refractivity contribution in [3.63, 3.8) is 0 Å². The first-order chi connectivity index (χ1) is 12.1. The Morgan fingerprint density at radius 1 is 1.24 bits per heavy atom. The van der Waals surface area contributed by atoms with Gasteiger partial charge in [-0.1, -0.05) is 41.2 Å². The molecule has 1 heterocycles. The first-order valence-corrected chi connectivity index (χ1v) is 8.95. The predicted molar refractivity (Wildman–Crippen MR) is 95.3 cm³/mol. The van der Waals surface area contributed by atoms with Crippen molar-refractivity contribution >= 4 is 28.9 Å². The van der Waals surface area contributed by atoms with Crippen molar-refractivity contribution in [2.75, 3.05) is 5.32 Å². The monoisotopic (exact) mass is 357 g/mol. The van der Waals surface area contributed by atoms with Crippen LogP contribution in [0.2, 0.25) is 0 Å². The predicted octanol–water partition coefficient (Wildman–Crippen LogP) is 3.50. The van der Waals surface area contributed by atoms with E-state index in [1.807, 2.05) is 37.3 Å². The molecule has 1 aliphatic rings. The zero-order chi connectivity index (χ0) is 17.6. The van der Waals surface area contributed by atoms with Gasteiger partial charge in [-0.25, -0.2) is 0 Å². The summed E-state index contributed by atoms with van der Waals surface area (Å²) in [5, 5.41) is 11.3. The molecule has 1 N–H and O–H groups in total. The van der Waals surface area contributed by atoms with Crippen LogP contribution in [0.3, 0.4) is 0 Å². The van der Waals surface area contributed by atoms with Crippen molar-refractivity contribution in [1.82, 2.24) is 10.2 Å². The number of ether oxygens (including phenoxy) is 1. The lowest BCUT2D eigenvalue weighted by atomic mass is 9.95. The normalized spacial score (nSPS) is 16.4. The Bertz CT molecular complexity index is 783. The van der Waals surface area contributed by atoms with E-state index in [4.69, 9.17) is 4.74 Å². The van der Waals surface area contributed by atoms with Crippen LogP contribution in [0.4, 0.5) is 5.69 Å². The smallest absolute Gasteiger partial charge is 0.309 e.